The summed E-state index contributed by atoms with van der Waals surface area (Å²) in [6.07, 6.45) is 0. The van der Waals surface area contributed by atoms with E-state index in [1.807, 2.05) is 13.8 Å². The maximum Gasteiger partial charge on any atom is 0.225 e. The average molecular weight is 229 g/mol. The molecule has 0 bridgehead atoms. The van der Waals surface area contributed by atoms with Crippen molar-refractivity contribution in [2.45, 2.75) is 20.8 Å². The van der Waals surface area contributed by atoms with Crippen LogP contribution in [0.25, 0.3) is 11.4 Å². The summed E-state index contributed by atoms with van der Waals surface area (Å²) in [6, 6.07) is 4.16. The van der Waals surface area contributed by atoms with Crippen molar-refractivity contribution in [2.75, 3.05) is 11.5 Å². The largest absolute Gasteiger partial charge is 0.368 e. The van der Waals surface area contributed by atoms with Crippen LogP contribution in [0.5, 0.6) is 0 Å². The lowest BCUT2D eigenvalue weighted by Gasteiger charge is -2.10. The lowest BCUT2D eigenvalue weighted by molar-refractivity contribution is 1.08. The van der Waals surface area contributed by atoms with Gasteiger partial charge in [-0.15, -0.1) is 0 Å². The number of nitrogens with zero attached hydrogens (tertiary/aromatic N) is 3. The standard InChI is InChI=1S/C12H15N5/c1-6-4-7(2)9(8(3)5-6)10-15-11(13)17-12(14)16-10/h4-5H,1-3H3,(H4,13,14,15,16,17). The molecule has 0 aliphatic carbocycles. The second-order valence-electron chi connectivity index (χ2n) is 4.15. The van der Waals surface area contributed by atoms with E-state index in [9.17, 15) is 0 Å². The number of nitrogens with two attached hydrogens (primary N) is 2. The Hall–Kier alpha value is -2.17. The molecule has 1 aromatic heterocycles. The Morgan fingerprint density at radius 3 is 1.76 bits per heavy atom. The number of nitrogen functional groups attached to an aromatic ring is 2. The molecule has 0 atom stereocenters. The molecule has 17 heavy (non-hydrogen) atoms. The molecule has 0 saturated heterocycles. The molecule has 4 N–H and O–H groups in total. The van der Waals surface area contributed by atoms with Crippen LogP contribution in [0, 0.1) is 20.8 Å². The number of benzene rings is 1. The number of hydrogen-bond acceptors (Lipinski definition) is 5. The summed E-state index contributed by atoms with van der Waals surface area (Å²) in [7, 11) is 0. The molecule has 1 heterocycles. The average Bonchev–Trinajstić information content (AvgIpc) is 2.13. The third-order valence-corrected chi connectivity index (χ3v) is 2.57. The van der Waals surface area contributed by atoms with Crippen molar-refractivity contribution in [3.63, 3.8) is 0 Å². The molecule has 1 aromatic carbocycles. The maximum absolute atomic E-state index is 5.58. The van der Waals surface area contributed by atoms with Gasteiger partial charge in [0.05, 0.1) is 0 Å². The van der Waals surface area contributed by atoms with Gasteiger partial charge in [-0.2, -0.15) is 15.0 Å². The zero-order valence-corrected chi connectivity index (χ0v) is 10.2. The van der Waals surface area contributed by atoms with E-state index in [4.69, 9.17) is 11.5 Å². The van der Waals surface area contributed by atoms with Gasteiger partial charge in [0.25, 0.3) is 0 Å². The molecule has 5 nitrogen and oxygen atoms in total. The van der Waals surface area contributed by atoms with Crippen LogP contribution in [0.15, 0.2) is 12.1 Å². The molecule has 2 aromatic rings. The number of hydrogen-bond donors (Lipinski definition) is 2. The highest BCUT2D eigenvalue weighted by molar-refractivity contribution is 5.66. The fourth-order valence-corrected chi connectivity index (χ4v) is 2.05. The SMILES string of the molecule is Cc1cc(C)c(-c2nc(N)nc(N)n2)c(C)c1. The van der Waals surface area contributed by atoms with E-state index in [1.54, 1.807) is 0 Å². The van der Waals surface area contributed by atoms with Crippen molar-refractivity contribution < 1.29 is 0 Å². The van der Waals surface area contributed by atoms with Crippen molar-refractivity contribution in [1.29, 1.82) is 0 Å². The second kappa shape index (κ2) is 4.01. The predicted octanol–water partition coefficient (Wildman–Crippen LogP) is 1.63. The third-order valence-electron chi connectivity index (χ3n) is 2.57. The minimum Gasteiger partial charge on any atom is -0.368 e. The number of anilines is 2. The Labute approximate surface area is 99.9 Å². The van der Waals surface area contributed by atoms with Crippen molar-refractivity contribution in [1.82, 2.24) is 15.0 Å². The summed E-state index contributed by atoms with van der Waals surface area (Å²) in [6.45, 7) is 6.09. The molecule has 0 amide bonds. The Kier molecular flexibility index (Phi) is 2.67. The Bertz CT molecular complexity index is 534. The lowest BCUT2D eigenvalue weighted by atomic mass is 9.99. The smallest absolute Gasteiger partial charge is 0.225 e. The van der Waals surface area contributed by atoms with E-state index >= 15 is 0 Å². The summed E-state index contributed by atoms with van der Waals surface area (Å²) >= 11 is 0. The first-order valence-corrected chi connectivity index (χ1v) is 5.32. The van der Waals surface area contributed by atoms with Crippen LogP contribution in [-0.4, -0.2) is 15.0 Å². The van der Waals surface area contributed by atoms with Crippen LogP contribution in [-0.2, 0) is 0 Å². The third kappa shape index (κ3) is 2.18. The Balaban J connectivity index is 2.68. The minimum absolute atomic E-state index is 0.145. The summed E-state index contributed by atoms with van der Waals surface area (Å²) in [5.74, 6) is 0.823. The normalized spacial score (nSPS) is 10.5. The van der Waals surface area contributed by atoms with Gasteiger partial charge in [0.2, 0.25) is 11.9 Å². The maximum atomic E-state index is 5.58. The number of aromatic nitrogens is 3. The van der Waals surface area contributed by atoms with Crippen LogP contribution in [0.4, 0.5) is 11.9 Å². The van der Waals surface area contributed by atoms with Gasteiger partial charge in [-0.1, -0.05) is 17.7 Å². The van der Waals surface area contributed by atoms with E-state index in [2.05, 4.69) is 34.0 Å². The van der Waals surface area contributed by atoms with Crippen molar-refractivity contribution in [3.8, 4) is 11.4 Å². The van der Waals surface area contributed by atoms with Crippen LogP contribution in [0.3, 0.4) is 0 Å². The predicted molar refractivity (Wildman–Crippen MR) is 68.3 cm³/mol. The minimum atomic E-state index is 0.145. The van der Waals surface area contributed by atoms with Crippen LogP contribution in [0.1, 0.15) is 16.7 Å². The first-order valence-electron chi connectivity index (χ1n) is 5.32. The Morgan fingerprint density at radius 1 is 0.824 bits per heavy atom. The number of rotatable bonds is 1. The van der Waals surface area contributed by atoms with E-state index in [0.29, 0.717) is 5.82 Å². The summed E-state index contributed by atoms with van der Waals surface area (Å²) in [5.41, 5.74) is 15.6. The van der Waals surface area contributed by atoms with Crippen molar-refractivity contribution in [2.24, 2.45) is 0 Å². The van der Waals surface area contributed by atoms with Crippen molar-refractivity contribution in [3.05, 3.63) is 28.8 Å². The monoisotopic (exact) mass is 229 g/mol. The molecule has 0 aliphatic rings. The van der Waals surface area contributed by atoms with Crippen molar-refractivity contribution >= 4 is 11.9 Å². The lowest BCUT2D eigenvalue weighted by Crippen LogP contribution is -2.05. The highest BCUT2D eigenvalue weighted by atomic mass is 15.1. The van der Waals surface area contributed by atoms with Crippen LogP contribution in [0.2, 0.25) is 0 Å². The fraction of sp³-hybridized carbons (Fsp3) is 0.250. The highest BCUT2D eigenvalue weighted by Gasteiger charge is 2.11. The number of aryl methyl sites for hydroxylation is 3. The van der Waals surface area contributed by atoms with E-state index in [-0.39, 0.29) is 11.9 Å². The first-order chi connectivity index (χ1) is 7.97. The molecular weight excluding hydrogens is 214 g/mol. The van der Waals surface area contributed by atoms with E-state index in [0.717, 1.165) is 16.7 Å². The summed E-state index contributed by atoms with van der Waals surface area (Å²) < 4.78 is 0. The van der Waals surface area contributed by atoms with Gasteiger partial charge >= 0.3 is 0 Å². The summed E-state index contributed by atoms with van der Waals surface area (Å²) in [4.78, 5) is 12.0. The molecule has 0 unspecified atom stereocenters. The van der Waals surface area contributed by atoms with Crippen LogP contribution >= 0.6 is 0 Å². The van der Waals surface area contributed by atoms with Gasteiger partial charge in [-0.3, -0.25) is 0 Å². The van der Waals surface area contributed by atoms with E-state index in [1.165, 1.54) is 5.56 Å². The molecule has 0 saturated carbocycles. The molecular formula is C12H15N5. The Morgan fingerprint density at radius 2 is 1.29 bits per heavy atom. The van der Waals surface area contributed by atoms with Crippen LogP contribution < -0.4 is 11.5 Å². The first kappa shape index (κ1) is 11.3. The van der Waals surface area contributed by atoms with Gasteiger partial charge in [-0.05, 0) is 31.9 Å². The van der Waals surface area contributed by atoms with Gasteiger partial charge in [0.1, 0.15) is 0 Å². The quantitative estimate of drug-likeness (QED) is 0.775. The molecule has 0 spiro atoms. The molecule has 88 valence electrons. The van der Waals surface area contributed by atoms with Gasteiger partial charge in [0.15, 0.2) is 5.82 Å². The molecule has 0 aliphatic heterocycles. The molecule has 0 radical (unpaired) electrons. The van der Waals surface area contributed by atoms with E-state index < -0.39 is 0 Å². The fourth-order valence-electron chi connectivity index (χ4n) is 2.05. The van der Waals surface area contributed by atoms with Gasteiger partial charge < -0.3 is 11.5 Å². The topological polar surface area (TPSA) is 90.7 Å². The van der Waals surface area contributed by atoms with Gasteiger partial charge in [0, 0.05) is 5.56 Å². The molecule has 0 fully saturated rings. The highest BCUT2D eigenvalue weighted by Crippen LogP contribution is 2.26. The van der Waals surface area contributed by atoms with Gasteiger partial charge in [-0.25, -0.2) is 0 Å². The second-order valence-corrected chi connectivity index (χ2v) is 4.15. The zero-order valence-electron chi connectivity index (χ0n) is 10.2. The molecule has 2 rings (SSSR count). The molecule has 5 heteroatoms. The zero-order chi connectivity index (χ0) is 12.6. The summed E-state index contributed by atoms with van der Waals surface area (Å²) in [5, 5.41) is 0.